The van der Waals surface area contributed by atoms with Crippen LogP contribution < -0.4 is 15.8 Å². The van der Waals surface area contributed by atoms with E-state index >= 15 is 0 Å². The van der Waals surface area contributed by atoms with Gasteiger partial charge in [-0.3, -0.25) is 4.79 Å². The molecule has 0 saturated carbocycles. The average molecular weight is 338 g/mol. The highest BCUT2D eigenvalue weighted by molar-refractivity contribution is 7.15. The Bertz CT molecular complexity index is 844. The van der Waals surface area contributed by atoms with Gasteiger partial charge in [0, 0.05) is 17.5 Å². The molecule has 5 heteroatoms. The topological polar surface area (TPSA) is 64.3 Å². The molecule has 0 bridgehead atoms. The number of anilines is 1. The van der Waals surface area contributed by atoms with E-state index in [2.05, 4.69) is 5.32 Å². The summed E-state index contributed by atoms with van der Waals surface area (Å²) in [6.07, 6.45) is 0. The molecule has 3 N–H and O–H groups in total. The molecular formula is C19H18N2O2S. The predicted molar refractivity (Wildman–Crippen MR) is 98.3 cm³/mol. The molecule has 122 valence electrons. The largest absolute Gasteiger partial charge is 0.497 e. The van der Waals surface area contributed by atoms with Crippen LogP contribution in [0.4, 0.5) is 5.00 Å². The van der Waals surface area contributed by atoms with Gasteiger partial charge < -0.3 is 15.8 Å². The Morgan fingerprint density at radius 1 is 1.17 bits per heavy atom. The Morgan fingerprint density at radius 2 is 1.96 bits per heavy atom. The summed E-state index contributed by atoms with van der Waals surface area (Å²) in [5.74, 6) is 0.573. The molecule has 0 saturated heterocycles. The van der Waals surface area contributed by atoms with E-state index in [4.69, 9.17) is 10.5 Å². The third-order valence-corrected chi connectivity index (χ3v) is 4.53. The minimum Gasteiger partial charge on any atom is -0.497 e. The highest BCUT2D eigenvalue weighted by Crippen LogP contribution is 2.34. The Kier molecular flexibility index (Phi) is 4.82. The van der Waals surface area contributed by atoms with Crippen molar-refractivity contribution >= 4 is 22.2 Å². The van der Waals surface area contributed by atoms with Gasteiger partial charge in [0.2, 0.25) is 0 Å². The number of methoxy groups -OCH3 is 1. The molecule has 1 heterocycles. The van der Waals surface area contributed by atoms with Crippen molar-refractivity contribution in [3.8, 4) is 16.9 Å². The van der Waals surface area contributed by atoms with E-state index in [1.165, 1.54) is 11.3 Å². The van der Waals surface area contributed by atoms with E-state index in [0.717, 1.165) is 22.4 Å². The summed E-state index contributed by atoms with van der Waals surface area (Å²) in [6.45, 7) is 0.465. The summed E-state index contributed by atoms with van der Waals surface area (Å²) in [5, 5.41) is 5.35. The summed E-state index contributed by atoms with van der Waals surface area (Å²) >= 11 is 1.37. The van der Waals surface area contributed by atoms with E-state index in [1.807, 2.05) is 60.0 Å². The maximum atomic E-state index is 12.6. The van der Waals surface area contributed by atoms with Crippen LogP contribution in [-0.4, -0.2) is 13.0 Å². The molecule has 0 radical (unpaired) electrons. The molecule has 0 fully saturated rings. The molecule has 2 aromatic carbocycles. The fraction of sp³-hybridized carbons (Fsp3) is 0.105. The Labute approximate surface area is 144 Å². The number of rotatable bonds is 5. The molecule has 24 heavy (non-hydrogen) atoms. The molecule has 4 nitrogen and oxygen atoms in total. The van der Waals surface area contributed by atoms with Gasteiger partial charge in [0.05, 0.1) is 17.7 Å². The minimum atomic E-state index is -0.171. The van der Waals surface area contributed by atoms with Crippen LogP contribution in [-0.2, 0) is 6.54 Å². The van der Waals surface area contributed by atoms with Gasteiger partial charge in [-0.1, -0.05) is 42.5 Å². The number of ether oxygens (including phenoxy) is 1. The van der Waals surface area contributed by atoms with Crippen molar-refractivity contribution in [2.24, 2.45) is 0 Å². The van der Waals surface area contributed by atoms with E-state index < -0.39 is 0 Å². The number of carbonyl (C=O) groups is 1. The normalized spacial score (nSPS) is 10.4. The fourth-order valence-electron chi connectivity index (χ4n) is 2.48. The molecule has 1 amide bonds. The van der Waals surface area contributed by atoms with Crippen molar-refractivity contribution in [2.75, 3.05) is 12.8 Å². The number of nitrogens with two attached hydrogens (primary N) is 1. The number of benzene rings is 2. The summed E-state index contributed by atoms with van der Waals surface area (Å²) in [4.78, 5) is 12.6. The second-order valence-corrected chi connectivity index (χ2v) is 6.20. The van der Waals surface area contributed by atoms with E-state index in [9.17, 15) is 4.79 Å². The maximum Gasteiger partial charge on any atom is 0.255 e. The lowest BCUT2D eigenvalue weighted by atomic mass is 10.0. The highest BCUT2D eigenvalue weighted by Gasteiger charge is 2.18. The van der Waals surface area contributed by atoms with Gasteiger partial charge in [-0.25, -0.2) is 0 Å². The van der Waals surface area contributed by atoms with E-state index in [0.29, 0.717) is 17.1 Å². The fourth-order valence-corrected chi connectivity index (χ4v) is 3.30. The molecular weight excluding hydrogens is 320 g/mol. The van der Waals surface area contributed by atoms with Crippen LogP contribution in [0.5, 0.6) is 5.75 Å². The number of carbonyl (C=O) groups excluding carboxylic acids is 1. The van der Waals surface area contributed by atoms with Gasteiger partial charge in [0.25, 0.3) is 5.91 Å². The molecule has 3 aromatic rings. The number of amides is 1. The van der Waals surface area contributed by atoms with E-state index in [1.54, 1.807) is 7.11 Å². The van der Waals surface area contributed by atoms with Crippen molar-refractivity contribution in [1.29, 1.82) is 0 Å². The van der Waals surface area contributed by atoms with Gasteiger partial charge in [-0.2, -0.15) is 0 Å². The van der Waals surface area contributed by atoms with Crippen LogP contribution in [0.15, 0.2) is 60.0 Å². The van der Waals surface area contributed by atoms with Gasteiger partial charge >= 0.3 is 0 Å². The van der Waals surface area contributed by atoms with Gasteiger partial charge in [0.15, 0.2) is 0 Å². The highest BCUT2D eigenvalue weighted by atomic mass is 32.1. The molecule has 0 unspecified atom stereocenters. The number of hydrogen-bond acceptors (Lipinski definition) is 4. The predicted octanol–water partition coefficient (Wildman–Crippen LogP) is 3.94. The number of nitrogens with one attached hydrogen (secondary N) is 1. The second kappa shape index (κ2) is 7.19. The lowest BCUT2D eigenvalue weighted by Gasteiger charge is -2.09. The summed E-state index contributed by atoms with van der Waals surface area (Å²) in [7, 11) is 1.62. The molecule has 0 aliphatic heterocycles. The zero-order chi connectivity index (χ0) is 16.9. The van der Waals surface area contributed by atoms with Crippen molar-refractivity contribution in [2.45, 2.75) is 6.54 Å². The first-order chi connectivity index (χ1) is 11.7. The summed E-state index contributed by atoms with van der Waals surface area (Å²) in [5.41, 5.74) is 9.34. The third kappa shape index (κ3) is 3.41. The molecule has 0 atom stereocenters. The van der Waals surface area contributed by atoms with E-state index in [-0.39, 0.29) is 5.91 Å². The van der Waals surface area contributed by atoms with Crippen molar-refractivity contribution < 1.29 is 9.53 Å². The molecule has 3 rings (SSSR count). The molecule has 0 aliphatic rings. The summed E-state index contributed by atoms with van der Waals surface area (Å²) in [6, 6.07) is 17.4. The Morgan fingerprint density at radius 3 is 2.71 bits per heavy atom. The van der Waals surface area contributed by atoms with Crippen LogP contribution in [0, 0.1) is 0 Å². The SMILES string of the molecule is COc1cccc(-c2csc(N)c2C(=O)NCc2ccccc2)c1. The van der Waals surface area contributed by atoms with Gasteiger partial charge in [-0.15, -0.1) is 11.3 Å². The van der Waals surface area contributed by atoms with Crippen LogP contribution >= 0.6 is 11.3 Å². The maximum absolute atomic E-state index is 12.6. The quantitative estimate of drug-likeness (QED) is 0.741. The zero-order valence-corrected chi connectivity index (χ0v) is 14.1. The van der Waals surface area contributed by atoms with Crippen LogP contribution in [0.25, 0.3) is 11.1 Å². The van der Waals surface area contributed by atoms with Crippen molar-refractivity contribution in [3.05, 3.63) is 71.1 Å². The summed E-state index contributed by atoms with van der Waals surface area (Å²) < 4.78 is 5.26. The van der Waals surface area contributed by atoms with Gasteiger partial charge in [0.1, 0.15) is 5.75 Å². The van der Waals surface area contributed by atoms with Crippen LogP contribution in [0.2, 0.25) is 0 Å². The number of hydrogen-bond donors (Lipinski definition) is 2. The number of nitrogen functional groups attached to an aromatic ring is 1. The van der Waals surface area contributed by atoms with Gasteiger partial charge in [-0.05, 0) is 23.3 Å². The minimum absolute atomic E-state index is 0.171. The first kappa shape index (κ1) is 16.1. The van der Waals surface area contributed by atoms with Crippen LogP contribution in [0.1, 0.15) is 15.9 Å². The van der Waals surface area contributed by atoms with Crippen molar-refractivity contribution in [3.63, 3.8) is 0 Å². The Hall–Kier alpha value is -2.79. The molecule has 0 aliphatic carbocycles. The first-order valence-electron chi connectivity index (χ1n) is 7.52. The standard InChI is InChI=1S/C19H18N2O2S/c1-23-15-9-5-8-14(10-15)16-12-24-18(20)17(16)19(22)21-11-13-6-3-2-4-7-13/h2-10,12H,11,20H2,1H3,(H,21,22). The van der Waals surface area contributed by atoms with Crippen LogP contribution in [0.3, 0.4) is 0 Å². The average Bonchev–Trinajstić information content (AvgIpc) is 3.02. The zero-order valence-electron chi connectivity index (χ0n) is 13.3. The third-order valence-electron chi connectivity index (χ3n) is 3.72. The lowest BCUT2D eigenvalue weighted by molar-refractivity contribution is 0.0953. The smallest absolute Gasteiger partial charge is 0.255 e. The first-order valence-corrected chi connectivity index (χ1v) is 8.40. The molecule has 1 aromatic heterocycles. The Balaban J connectivity index is 1.85. The molecule has 0 spiro atoms. The second-order valence-electron chi connectivity index (χ2n) is 5.29. The van der Waals surface area contributed by atoms with Crippen molar-refractivity contribution in [1.82, 2.24) is 5.32 Å². The lowest BCUT2D eigenvalue weighted by Crippen LogP contribution is -2.23. The number of thiophene rings is 1. The monoisotopic (exact) mass is 338 g/mol.